The number of nitrogens with one attached hydrogen (secondary N) is 1. The molecule has 6 heteroatoms. The molecule has 1 fully saturated rings. The Hall–Kier alpha value is -1.74. The molecule has 3 nitrogen and oxygen atoms in total. The van der Waals surface area contributed by atoms with Gasteiger partial charge >= 0.3 is 6.18 Å². The van der Waals surface area contributed by atoms with Crippen LogP contribution in [0.5, 0.6) is 5.75 Å². The van der Waals surface area contributed by atoms with Gasteiger partial charge in [-0.3, -0.25) is 0 Å². The van der Waals surface area contributed by atoms with E-state index < -0.39 is 11.7 Å². The Bertz CT molecular complexity index is 522. The minimum Gasteiger partial charge on any atom is -0.489 e. The van der Waals surface area contributed by atoms with Crippen molar-refractivity contribution < 1.29 is 17.9 Å². The monoisotopic (exact) mass is 284 g/mol. The van der Waals surface area contributed by atoms with E-state index in [0.29, 0.717) is 6.54 Å². The molecule has 0 aliphatic carbocycles. The van der Waals surface area contributed by atoms with E-state index in [9.17, 15) is 13.2 Å². The maximum atomic E-state index is 12.9. The summed E-state index contributed by atoms with van der Waals surface area (Å²) in [7, 11) is 0. The first-order valence-electron chi connectivity index (χ1n) is 6.40. The Morgan fingerprint density at radius 1 is 1.40 bits per heavy atom. The highest BCUT2D eigenvalue weighted by Gasteiger charge is 2.34. The van der Waals surface area contributed by atoms with Gasteiger partial charge in [0.05, 0.1) is 17.2 Å². The zero-order chi connectivity index (χ0) is 14.8. The van der Waals surface area contributed by atoms with Crippen LogP contribution in [-0.2, 0) is 6.18 Å². The van der Waals surface area contributed by atoms with Gasteiger partial charge in [-0.25, -0.2) is 0 Å². The van der Waals surface area contributed by atoms with Gasteiger partial charge in [0.2, 0.25) is 0 Å². The largest absolute Gasteiger partial charge is 0.489 e. The summed E-state index contributed by atoms with van der Waals surface area (Å²) in [6.45, 7) is 3.52. The van der Waals surface area contributed by atoms with Crippen molar-refractivity contribution in [3.8, 4) is 11.8 Å². The van der Waals surface area contributed by atoms with Crippen molar-refractivity contribution in [2.24, 2.45) is 5.92 Å². The summed E-state index contributed by atoms with van der Waals surface area (Å²) >= 11 is 0. The van der Waals surface area contributed by atoms with Gasteiger partial charge in [0.15, 0.2) is 0 Å². The molecule has 0 aromatic heterocycles. The number of alkyl halides is 3. The molecule has 1 heterocycles. The second kappa shape index (κ2) is 5.71. The molecule has 1 saturated heterocycles. The van der Waals surface area contributed by atoms with Crippen LogP contribution in [0.1, 0.15) is 24.5 Å². The van der Waals surface area contributed by atoms with Crippen molar-refractivity contribution in [2.75, 3.05) is 13.1 Å². The van der Waals surface area contributed by atoms with E-state index in [-0.39, 0.29) is 23.3 Å². The fourth-order valence-corrected chi connectivity index (χ4v) is 2.22. The molecule has 2 unspecified atom stereocenters. The second-order valence-electron chi connectivity index (χ2n) is 4.94. The van der Waals surface area contributed by atoms with E-state index in [2.05, 4.69) is 5.32 Å². The van der Waals surface area contributed by atoms with Gasteiger partial charge < -0.3 is 10.1 Å². The number of hydrogen-bond acceptors (Lipinski definition) is 3. The minimum absolute atomic E-state index is 0.150. The number of piperidine rings is 1. The van der Waals surface area contributed by atoms with Gasteiger partial charge in [-0.2, -0.15) is 18.4 Å². The van der Waals surface area contributed by atoms with Crippen LogP contribution in [0.3, 0.4) is 0 Å². The maximum Gasteiger partial charge on any atom is 0.417 e. The molecule has 1 aliphatic heterocycles. The maximum absolute atomic E-state index is 12.9. The summed E-state index contributed by atoms with van der Waals surface area (Å²) in [6, 6.07) is 5.02. The summed E-state index contributed by atoms with van der Waals surface area (Å²) in [5.41, 5.74) is -1.34. The first-order chi connectivity index (χ1) is 9.41. The van der Waals surface area contributed by atoms with E-state index >= 15 is 0 Å². The van der Waals surface area contributed by atoms with Crippen molar-refractivity contribution in [3.63, 3.8) is 0 Å². The molecule has 2 rings (SSSR count). The summed E-state index contributed by atoms with van der Waals surface area (Å²) in [5, 5.41) is 11.9. The Balaban J connectivity index is 2.23. The topological polar surface area (TPSA) is 45.0 Å². The van der Waals surface area contributed by atoms with Gasteiger partial charge in [0.25, 0.3) is 0 Å². The highest BCUT2D eigenvalue weighted by molar-refractivity contribution is 5.44. The van der Waals surface area contributed by atoms with E-state index in [0.717, 1.165) is 25.1 Å². The van der Waals surface area contributed by atoms with E-state index in [4.69, 9.17) is 10.00 Å². The number of benzene rings is 1. The van der Waals surface area contributed by atoms with E-state index in [1.165, 1.54) is 6.07 Å². The molecular weight excluding hydrogens is 269 g/mol. The zero-order valence-corrected chi connectivity index (χ0v) is 11.0. The van der Waals surface area contributed by atoms with E-state index in [1.54, 1.807) is 6.07 Å². The molecule has 0 amide bonds. The molecule has 1 N–H and O–H groups in total. The van der Waals surface area contributed by atoms with Crippen molar-refractivity contribution in [1.29, 1.82) is 5.26 Å². The smallest absolute Gasteiger partial charge is 0.417 e. The molecule has 0 spiro atoms. The standard InChI is InChI=1S/C14H15F3N2O/c1-9-4-5-19-8-13(9)20-11-3-2-10(7-18)12(6-11)14(15,16)17/h2-3,6,9,13,19H,4-5,8H2,1H3. The first kappa shape index (κ1) is 14.7. The number of halogens is 3. The average Bonchev–Trinajstić information content (AvgIpc) is 2.40. The Kier molecular flexibility index (Phi) is 4.19. The highest BCUT2D eigenvalue weighted by atomic mass is 19.4. The van der Waals surface area contributed by atoms with Crippen LogP contribution >= 0.6 is 0 Å². The predicted octanol–water partition coefficient (Wildman–Crippen LogP) is 2.95. The van der Waals surface area contributed by atoms with Crippen LogP contribution in [0.15, 0.2) is 18.2 Å². The van der Waals surface area contributed by atoms with Gasteiger partial charge in [-0.05, 0) is 37.1 Å². The van der Waals surface area contributed by atoms with Crippen LogP contribution in [0.2, 0.25) is 0 Å². The summed E-state index contributed by atoms with van der Waals surface area (Å²) in [4.78, 5) is 0. The molecule has 1 aromatic rings. The van der Waals surface area contributed by atoms with Crippen molar-refractivity contribution in [2.45, 2.75) is 25.6 Å². The first-order valence-corrected chi connectivity index (χ1v) is 6.40. The molecule has 108 valence electrons. The number of hydrogen-bond donors (Lipinski definition) is 1. The van der Waals surface area contributed by atoms with Crippen molar-refractivity contribution >= 4 is 0 Å². The second-order valence-corrected chi connectivity index (χ2v) is 4.94. The molecular formula is C14H15F3N2O. The fraction of sp³-hybridized carbons (Fsp3) is 0.500. The quantitative estimate of drug-likeness (QED) is 0.908. The molecule has 0 radical (unpaired) electrons. The lowest BCUT2D eigenvalue weighted by Crippen LogP contribution is -2.42. The van der Waals surface area contributed by atoms with E-state index in [1.807, 2.05) is 6.92 Å². The van der Waals surface area contributed by atoms with Gasteiger partial charge in [-0.15, -0.1) is 0 Å². The Labute approximate surface area is 115 Å². The lowest BCUT2D eigenvalue weighted by Gasteiger charge is -2.30. The lowest BCUT2D eigenvalue weighted by atomic mass is 9.97. The summed E-state index contributed by atoms with van der Waals surface area (Å²) in [5.74, 6) is 0.429. The molecule has 2 atom stereocenters. The molecule has 1 aliphatic rings. The number of ether oxygens (including phenoxy) is 1. The highest BCUT2D eigenvalue weighted by Crippen LogP contribution is 2.34. The normalized spacial score (nSPS) is 23.1. The summed E-state index contributed by atoms with van der Waals surface area (Å²) < 4.78 is 44.2. The van der Waals surface area contributed by atoms with Gasteiger partial charge in [-0.1, -0.05) is 6.92 Å². The van der Waals surface area contributed by atoms with Crippen LogP contribution in [0.4, 0.5) is 13.2 Å². The van der Waals surface area contributed by atoms with Gasteiger partial charge in [0.1, 0.15) is 11.9 Å². The SMILES string of the molecule is CC1CCNCC1Oc1ccc(C#N)c(C(F)(F)F)c1. The van der Waals surface area contributed by atoms with Crippen LogP contribution in [0.25, 0.3) is 0 Å². The third-order valence-corrected chi connectivity index (χ3v) is 3.46. The lowest BCUT2D eigenvalue weighted by molar-refractivity contribution is -0.137. The van der Waals surface area contributed by atoms with Crippen LogP contribution in [-0.4, -0.2) is 19.2 Å². The Morgan fingerprint density at radius 2 is 2.15 bits per heavy atom. The molecule has 1 aromatic carbocycles. The van der Waals surface area contributed by atoms with Crippen LogP contribution in [0, 0.1) is 17.2 Å². The number of nitrogens with zero attached hydrogens (tertiary/aromatic N) is 1. The average molecular weight is 284 g/mol. The Morgan fingerprint density at radius 3 is 2.75 bits per heavy atom. The molecule has 20 heavy (non-hydrogen) atoms. The van der Waals surface area contributed by atoms with Crippen LogP contribution < -0.4 is 10.1 Å². The minimum atomic E-state index is -4.55. The van der Waals surface area contributed by atoms with Gasteiger partial charge in [0, 0.05) is 6.54 Å². The summed E-state index contributed by atoms with van der Waals surface area (Å²) in [6.07, 6.45) is -3.79. The number of nitriles is 1. The zero-order valence-electron chi connectivity index (χ0n) is 11.0. The predicted molar refractivity (Wildman–Crippen MR) is 67.2 cm³/mol. The molecule has 0 bridgehead atoms. The molecule has 0 saturated carbocycles. The fourth-order valence-electron chi connectivity index (χ4n) is 2.22. The van der Waals surface area contributed by atoms with Crippen molar-refractivity contribution in [3.05, 3.63) is 29.3 Å². The number of rotatable bonds is 2. The third kappa shape index (κ3) is 3.23. The van der Waals surface area contributed by atoms with Crippen molar-refractivity contribution in [1.82, 2.24) is 5.32 Å². The third-order valence-electron chi connectivity index (χ3n) is 3.46.